The van der Waals surface area contributed by atoms with Crippen LogP contribution in [0.1, 0.15) is 17.5 Å². The Hall–Kier alpha value is -0.740. The van der Waals surface area contributed by atoms with Gasteiger partial charge in [-0.15, -0.1) is 0 Å². The van der Waals surface area contributed by atoms with E-state index in [2.05, 4.69) is 41.0 Å². The Kier molecular flexibility index (Phi) is 7.22. The number of halogens is 3. The molecule has 5 heteroatoms. The van der Waals surface area contributed by atoms with Crippen LogP contribution in [0.25, 0.3) is 0 Å². The van der Waals surface area contributed by atoms with Crippen molar-refractivity contribution in [2.45, 2.75) is 19.4 Å². The maximum absolute atomic E-state index is 6.05. The molecule has 0 saturated heterocycles. The second-order valence-electron chi connectivity index (χ2n) is 5.70. The van der Waals surface area contributed by atoms with Crippen molar-refractivity contribution in [2.24, 2.45) is 0 Å². The van der Waals surface area contributed by atoms with Crippen molar-refractivity contribution in [3.05, 3.63) is 62.0 Å². The van der Waals surface area contributed by atoms with Gasteiger partial charge >= 0.3 is 0 Å². The van der Waals surface area contributed by atoms with E-state index in [4.69, 9.17) is 27.9 Å². The van der Waals surface area contributed by atoms with Gasteiger partial charge in [0.25, 0.3) is 0 Å². The Labute approximate surface area is 156 Å². The van der Waals surface area contributed by atoms with Crippen LogP contribution in [0, 0.1) is 0 Å². The lowest BCUT2D eigenvalue weighted by molar-refractivity contribution is 0.302. The van der Waals surface area contributed by atoms with Gasteiger partial charge in [-0.2, -0.15) is 0 Å². The van der Waals surface area contributed by atoms with Gasteiger partial charge in [0.1, 0.15) is 12.4 Å². The predicted molar refractivity (Wildman–Crippen MR) is 102 cm³/mol. The van der Waals surface area contributed by atoms with Crippen molar-refractivity contribution in [1.29, 1.82) is 0 Å². The number of ether oxygens (including phenoxy) is 1. The van der Waals surface area contributed by atoms with Crippen molar-refractivity contribution in [2.75, 3.05) is 20.6 Å². The summed E-state index contributed by atoms with van der Waals surface area (Å²) in [5.74, 6) is 0.915. The maximum atomic E-state index is 6.05. The van der Waals surface area contributed by atoms with Crippen LogP contribution in [-0.4, -0.2) is 25.5 Å². The molecule has 0 aliphatic heterocycles. The van der Waals surface area contributed by atoms with Crippen LogP contribution in [0.15, 0.2) is 40.9 Å². The smallest absolute Gasteiger partial charge is 0.123 e. The maximum Gasteiger partial charge on any atom is 0.123 e. The number of nitrogens with zero attached hydrogens (tertiary/aromatic N) is 1. The normalized spacial score (nSPS) is 11.0. The summed E-state index contributed by atoms with van der Waals surface area (Å²) in [7, 11) is 4.17. The summed E-state index contributed by atoms with van der Waals surface area (Å²) in [6.07, 6.45) is 2.07. The molecule has 0 heterocycles. The largest absolute Gasteiger partial charge is 0.489 e. The molecule has 0 spiro atoms. The summed E-state index contributed by atoms with van der Waals surface area (Å²) in [6, 6.07) is 11.7. The third-order valence-electron chi connectivity index (χ3n) is 3.45. The van der Waals surface area contributed by atoms with Crippen LogP contribution < -0.4 is 4.74 Å². The van der Waals surface area contributed by atoms with Crippen LogP contribution in [0.5, 0.6) is 5.75 Å². The van der Waals surface area contributed by atoms with Crippen LogP contribution >= 0.6 is 39.1 Å². The minimum atomic E-state index is 0.471. The SMILES string of the molecule is CN(C)CCCc1cc(Br)ccc1OCc1ccc(Cl)c(Cl)c1. The Balaban J connectivity index is 2.04. The zero-order chi connectivity index (χ0) is 16.8. The first kappa shape index (κ1) is 18.6. The van der Waals surface area contributed by atoms with Gasteiger partial charge in [0.15, 0.2) is 0 Å². The first-order valence-corrected chi connectivity index (χ1v) is 9.00. The van der Waals surface area contributed by atoms with E-state index in [0.29, 0.717) is 16.7 Å². The average Bonchev–Trinajstić information content (AvgIpc) is 2.49. The highest BCUT2D eigenvalue weighted by Crippen LogP contribution is 2.27. The van der Waals surface area contributed by atoms with Crippen molar-refractivity contribution < 1.29 is 4.74 Å². The zero-order valence-corrected chi connectivity index (χ0v) is 16.4. The lowest BCUT2D eigenvalue weighted by Gasteiger charge is -2.14. The molecule has 0 aromatic heterocycles. The summed E-state index contributed by atoms with van der Waals surface area (Å²) in [4.78, 5) is 2.19. The second-order valence-corrected chi connectivity index (χ2v) is 7.43. The molecule has 2 nitrogen and oxygen atoms in total. The number of rotatable bonds is 7. The van der Waals surface area contributed by atoms with Crippen molar-refractivity contribution in [1.82, 2.24) is 4.90 Å². The van der Waals surface area contributed by atoms with Gasteiger partial charge in [-0.25, -0.2) is 0 Å². The molecular formula is C18H20BrCl2NO. The van der Waals surface area contributed by atoms with E-state index in [9.17, 15) is 0 Å². The highest BCUT2D eigenvalue weighted by Gasteiger charge is 2.07. The Morgan fingerprint density at radius 3 is 2.52 bits per heavy atom. The predicted octanol–water partition coefficient (Wildman–Crippen LogP) is 5.83. The van der Waals surface area contributed by atoms with Gasteiger partial charge in [-0.3, -0.25) is 0 Å². The molecule has 0 saturated carbocycles. The Morgan fingerprint density at radius 1 is 1.04 bits per heavy atom. The third-order valence-corrected chi connectivity index (χ3v) is 4.68. The van der Waals surface area contributed by atoms with E-state index >= 15 is 0 Å². The molecule has 0 unspecified atom stereocenters. The highest BCUT2D eigenvalue weighted by atomic mass is 79.9. The first-order valence-electron chi connectivity index (χ1n) is 7.45. The van der Waals surface area contributed by atoms with Gasteiger partial charge in [0.2, 0.25) is 0 Å². The second kappa shape index (κ2) is 8.93. The van der Waals surface area contributed by atoms with Crippen LogP contribution in [0.4, 0.5) is 0 Å². The number of benzene rings is 2. The fraction of sp³-hybridized carbons (Fsp3) is 0.333. The van der Waals surface area contributed by atoms with Gasteiger partial charge < -0.3 is 9.64 Å². The molecule has 0 fully saturated rings. The van der Waals surface area contributed by atoms with Crippen LogP contribution in [0.2, 0.25) is 10.0 Å². The Bertz CT molecular complexity index is 661. The number of aryl methyl sites for hydroxylation is 1. The van der Waals surface area contributed by atoms with E-state index < -0.39 is 0 Å². The Morgan fingerprint density at radius 2 is 1.83 bits per heavy atom. The molecule has 0 atom stereocenters. The van der Waals surface area contributed by atoms with Crippen molar-refractivity contribution >= 4 is 39.1 Å². The molecule has 0 aliphatic carbocycles. The molecule has 0 amide bonds. The molecule has 0 bridgehead atoms. The molecule has 0 N–H and O–H groups in total. The third kappa shape index (κ3) is 6.00. The van der Waals surface area contributed by atoms with E-state index in [1.165, 1.54) is 5.56 Å². The minimum absolute atomic E-state index is 0.471. The summed E-state index contributed by atoms with van der Waals surface area (Å²) < 4.78 is 7.06. The lowest BCUT2D eigenvalue weighted by Crippen LogP contribution is -2.13. The number of hydrogen-bond acceptors (Lipinski definition) is 2. The average molecular weight is 417 g/mol. The van der Waals surface area contributed by atoms with E-state index in [-0.39, 0.29) is 0 Å². The molecule has 2 aromatic carbocycles. The van der Waals surface area contributed by atoms with Gasteiger partial charge in [-0.05, 0) is 74.9 Å². The summed E-state index contributed by atoms with van der Waals surface area (Å²) in [6.45, 7) is 1.53. The summed E-state index contributed by atoms with van der Waals surface area (Å²) in [5, 5.41) is 1.11. The monoisotopic (exact) mass is 415 g/mol. The van der Waals surface area contributed by atoms with Gasteiger partial charge in [0, 0.05) is 4.47 Å². The molecule has 0 radical (unpaired) electrons. The minimum Gasteiger partial charge on any atom is -0.489 e. The van der Waals surface area contributed by atoms with E-state index in [1.54, 1.807) is 6.07 Å². The zero-order valence-electron chi connectivity index (χ0n) is 13.3. The van der Waals surface area contributed by atoms with Gasteiger partial charge in [-0.1, -0.05) is 45.2 Å². The molecule has 0 aliphatic rings. The molecule has 23 heavy (non-hydrogen) atoms. The van der Waals surface area contributed by atoms with Gasteiger partial charge in [0.05, 0.1) is 10.0 Å². The fourth-order valence-corrected chi connectivity index (χ4v) is 2.99. The standard InChI is InChI=1S/C18H20BrCl2NO/c1-22(2)9-3-4-14-11-15(19)6-8-18(14)23-12-13-5-7-16(20)17(21)10-13/h5-8,10-11H,3-4,9,12H2,1-2H3. The van der Waals surface area contributed by atoms with Crippen molar-refractivity contribution in [3.63, 3.8) is 0 Å². The molecular weight excluding hydrogens is 397 g/mol. The first-order chi connectivity index (χ1) is 11.0. The molecule has 2 rings (SSSR count). The molecule has 124 valence electrons. The fourth-order valence-electron chi connectivity index (χ4n) is 2.26. The summed E-state index contributed by atoms with van der Waals surface area (Å²) >= 11 is 15.5. The number of hydrogen-bond donors (Lipinski definition) is 0. The van der Waals surface area contributed by atoms with Crippen molar-refractivity contribution in [3.8, 4) is 5.75 Å². The molecule has 2 aromatic rings. The van der Waals surface area contributed by atoms with Crippen LogP contribution in [-0.2, 0) is 13.0 Å². The quantitative estimate of drug-likeness (QED) is 0.562. The highest BCUT2D eigenvalue weighted by molar-refractivity contribution is 9.10. The topological polar surface area (TPSA) is 12.5 Å². The van der Waals surface area contributed by atoms with E-state index in [0.717, 1.165) is 35.2 Å². The lowest BCUT2D eigenvalue weighted by atomic mass is 10.1. The summed E-state index contributed by atoms with van der Waals surface area (Å²) in [5.41, 5.74) is 2.21. The van der Waals surface area contributed by atoms with Crippen LogP contribution in [0.3, 0.4) is 0 Å². The van der Waals surface area contributed by atoms with E-state index in [1.807, 2.05) is 24.3 Å².